The van der Waals surface area contributed by atoms with Crippen molar-refractivity contribution in [1.82, 2.24) is 9.97 Å². The molecule has 0 amide bonds. The van der Waals surface area contributed by atoms with Crippen molar-refractivity contribution in [2.45, 2.75) is 5.92 Å². The van der Waals surface area contributed by atoms with Crippen LogP contribution in [0.2, 0.25) is 0 Å². The molecule has 1 N–H and O–H groups in total. The predicted octanol–water partition coefficient (Wildman–Crippen LogP) is 2.83. The van der Waals surface area contributed by atoms with E-state index < -0.39 is 5.92 Å². The highest BCUT2D eigenvalue weighted by Crippen LogP contribution is 2.41. The van der Waals surface area contributed by atoms with Gasteiger partial charge in [0.05, 0.1) is 24.2 Å². The molecule has 1 aromatic heterocycles. The molecule has 0 aliphatic carbocycles. The predicted molar refractivity (Wildman–Crippen MR) is 92.8 cm³/mol. The maximum Gasteiger partial charge on any atom is 0.203 e. The number of nitrogens with zero attached hydrogens (tertiary/aromatic N) is 2. The van der Waals surface area contributed by atoms with Gasteiger partial charge in [0.1, 0.15) is 19.0 Å². The average Bonchev–Trinajstić information content (AvgIpc) is 3.11. The molecule has 7 nitrogen and oxygen atoms in total. The van der Waals surface area contributed by atoms with Crippen LogP contribution in [0.1, 0.15) is 22.1 Å². The molecule has 0 saturated heterocycles. The largest absolute Gasteiger partial charge is 0.493 e. The zero-order valence-corrected chi connectivity index (χ0v) is 14.0. The molecule has 0 unspecified atom stereocenters. The summed E-state index contributed by atoms with van der Waals surface area (Å²) in [5, 5.41) is 9.58. The van der Waals surface area contributed by atoms with Crippen LogP contribution < -0.4 is 14.2 Å². The summed E-state index contributed by atoms with van der Waals surface area (Å²) in [5.41, 5.74) is 1.78. The second kappa shape index (κ2) is 6.41. The van der Waals surface area contributed by atoms with Gasteiger partial charge in [0, 0.05) is 5.56 Å². The molecular weight excluding hydrogens is 334 g/mol. The van der Waals surface area contributed by atoms with Crippen LogP contribution in [-0.4, -0.2) is 36.1 Å². The van der Waals surface area contributed by atoms with Crippen molar-refractivity contribution in [3.8, 4) is 23.3 Å². The van der Waals surface area contributed by atoms with E-state index in [0.717, 1.165) is 5.52 Å². The number of hydrogen-bond acceptors (Lipinski definition) is 6. The monoisotopic (exact) mass is 349 g/mol. The van der Waals surface area contributed by atoms with Crippen molar-refractivity contribution < 1.29 is 19.0 Å². The maximum atomic E-state index is 13.0. The number of imidazole rings is 1. The number of nitrogens with one attached hydrogen (secondary N) is 1. The number of ether oxygens (including phenoxy) is 3. The van der Waals surface area contributed by atoms with Gasteiger partial charge in [0.2, 0.25) is 5.75 Å². The van der Waals surface area contributed by atoms with E-state index in [4.69, 9.17) is 14.2 Å². The lowest BCUT2D eigenvalue weighted by atomic mass is 9.97. The minimum absolute atomic E-state index is 0.304. The highest BCUT2D eigenvalue weighted by molar-refractivity contribution is 6.03. The Bertz CT molecular complexity index is 985. The minimum atomic E-state index is -1.06. The van der Waals surface area contributed by atoms with E-state index in [1.807, 2.05) is 30.3 Å². The Labute approximate surface area is 149 Å². The molecule has 0 radical (unpaired) electrons. The van der Waals surface area contributed by atoms with E-state index in [0.29, 0.717) is 47.4 Å². The molecule has 26 heavy (non-hydrogen) atoms. The lowest BCUT2D eigenvalue weighted by Gasteiger charge is -2.21. The number of para-hydroxylation sites is 2. The Hall–Kier alpha value is -3.53. The summed E-state index contributed by atoms with van der Waals surface area (Å²) in [4.78, 5) is 20.4. The van der Waals surface area contributed by atoms with Crippen LogP contribution in [0.25, 0.3) is 11.0 Å². The van der Waals surface area contributed by atoms with E-state index in [1.54, 1.807) is 12.1 Å². The molecule has 3 aromatic rings. The summed E-state index contributed by atoms with van der Waals surface area (Å²) in [6.07, 6.45) is 0. The van der Waals surface area contributed by atoms with Gasteiger partial charge in [0.25, 0.3) is 0 Å². The van der Waals surface area contributed by atoms with Crippen molar-refractivity contribution in [3.05, 3.63) is 47.8 Å². The fraction of sp³-hybridized carbons (Fsp3) is 0.211. The molecule has 130 valence electrons. The Balaban J connectivity index is 1.74. The SMILES string of the molecule is COc1cc(C(=O)[C@@H](C#N)c2nc3ccccc3[nH]2)cc2c1OCCO2. The highest BCUT2D eigenvalue weighted by Gasteiger charge is 2.28. The van der Waals surface area contributed by atoms with Gasteiger partial charge >= 0.3 is 0 Å². The Morgan fingerprint density at radius 1 is 1.31 bits per heavy atom. The first-order valence-electron chi connectivity index (χ1n) is 8.07. The first-order chi connectivity index (χ1) is 12.7. The summed E-state index contributed by atoms with van der Waals surface area (Å²) in [5.74, 6) is 0.156. The number of carbonyl (C=O) groups is 1. The van der Waals surface area contributed by atoms with Crippen LogP contribution in [0, 0.1) is 11.3 Å². The smallest absolute Gasteiger partial charge is 0.203 e. The van der Waals surface area contributed by atoms with Crippen molar-refractivity contribution in [2.24, 2.45) is 0 Å². The highest BCUT2D eigenvalue weighted by atomic mass is 16.6. The van der Waals surface area contributed by atoms with Crippen LogP contribution in [0.3, 0.4) is 0 Å². The lowest BCUT2D eigenvalue weighted by Crippen LogP contribution is -2.18. The average molecular weight is 349 g/mol. The third-order valence-electron chi connectivity index (χ3n) is 4.18. The molecule has 1 aliphatic rings. The first kappa shape index (κ1) is 16.0. The minimum Gasteiger partial charge on any atom is -0.493 e. The number of aromatic amines is 1. The third-order valence-corrected chi connectivity index (χ3v) is 4.18. The van der Waals surface area contributed by atoms with Crippen LogP contribution in [0.15, 0.2) is 36.4 Å². The molecule has 7 heteroatoms. The molecule has 1 aliphatic heterocycles. The Morgan fingerprint density at radius 2 is 2.12 bits per heavy atom. The summed E-state index contributed by atoms with van der Waals surface area (Å²) in [6, 6.07) is 12.5. The Morgan fingerprint density at radius 3 is 2.88 bits per heavy atom. The maximum absolute atomic E-state index is 13.0. The molecule has 4 rings (SSSR count). The van der Waals surface area contributed by atoms with E-state index in [9.17, 15) is 10.1 Å². The number of methoxy groups -OCH3 is 1. The second-order valence-electron chi connectivity index (χ2n) is 5.77. The van der Waals surface area contributed by atoms with Gasteiger partial charge in [0.15, 0.2) is 23.2 Å². The zero-order valence-electron chi connectivity index (χ0n) is 14.0. The second-order valence-corrected chi connectivity index (χ2v) is 5.77. The summed E-state index contributed by atoms with van der Waals surface area (Å²) in [7, 11) is 1.49. The number of Topliss-reactive ketones (excluding diaryl/α,β-unsaturated/α-hetero) is 1. The number of ketones is 1. The van der Waals surface area contributed by atoms with Crippen molar-refractivity contribution in [3.63, 3.8) is 0 Å². The fourth-order valence-corrected chi connectivity index (χ4v) is 2.94. The number of fused-ring (bicyclic) bond motifs is 2. The van der Waals surface area contributed by atoms with Gasteiger partial charge in [-0.1, -0.05) is 12.1 Å². The number of nitriles is 1. The van der Waals surface area contributed by atoms with E-state index in [-0.39, 0.29) is 5.78 Å². The van der Waals surface area contributed by atoms with Gasteiger partial charge in [-0.2, -0.15) is 5.26 Å². The molecular formula is C19H15N3O4. The third kappa shape index (κ3) is 2.62. The summed E-state index contributed by atoms with van der Waals surface area (Å²) >= 11 is 0. The lowest BCUT2D eigenvalue weighted by molar-refractivity contribution is 0.0974. The van der Waals surface area contributed by atoms with Crippen molar-refractivity contribution >= 4 is 16.8 Å². The quantitative estimate of drug-likeness (QED) is 0.728. The zero-order chi connectivity index (χ0) is 18.1. The number of aromatic nitrogens is 2. The van der Waals surface area contributed by atoms with E-state index >= 15 is 0 Å². The number of H-pyrrole nitrogens is 1. The number of carbonyl (C=O) groups excluding carboxylic acids is 1. The molecule has 1 atom stereocenters. The Kier molecular flexibility index (Phi) is 3.93. The molecule has 2 aromatic carbocycles. The van der Waals surface area contributed by atoms with E-state index in [2.05, 4.69) is 9.97 Å². The van der Waals surface area contributed by atoms with Gasteiger partial charge in [-0.3, -0.25) is 4.79 Å². The standard InChI is InChI=1S/C19H15N3O4/c1-24-15-8-11(9-16-18(15)26-7-6-25-16)17(23)12(10-20)19-21-13-4-2-3-5-14(13)22-19/h2-5,8-9,12H,6-7H2,1H3,(H,21,22)/t12-/m1/s1. The topological polar surface area (TPSA) is 97.2 Å². The summed E-state index contributed by atoms with van der Waals surface area (Å²) in [6.45, 7) is 0.801. The van der Waals surface area contributed by atoms with E-state index in [1.165, 1.54) is 7.11 Å². The van der Waals surface area contributed by atoms with Gasteiger partial charge in [-0.25, -0.2) is 4.98 Å². The van der Waals surface area contributed by atoms with Gasteiger partial charge in [-0.15, -0.1) is 0 Å². The normalized spacial score (nSPS) is 13.8. The summed E-state index contributed by atoms with van der Waals surface area (Å²) < 4.78 is 16.4. The number of benzene rings is 2. The van der Waals surface area contributed by atoms with Crippen LogP contribution in [-0.2, 0) is 0 Å². The molecule has 0 fully saturated rings. The fourth-order valence-electron chi connectivity index (χ4n) is 2.94. The number of hydrogen-bond donors (Lipinski definition) is 1. The van der Waals surface area contributed by atoms with Crippen LogP contribution >= 0.6 is 0 Å². The van der Waals surface area contributed by atoms with Crippen molar-refractivity contribution in [1.29, 1.82) is 5.26 Å². The van der Waals surface area contributed by atoms with Gasteiger partial charge < -0.3 is 19.2 Å². The van der Waals surface area contributed by atoms with Crippen LogP contribution in [0.4, 0.5) is 0 Å². The number of rotatable bonds is 4. The molecule has 0 bridgehead atoms. The molecule has 0 saturated carbocycles. The molecule has 0 spiro atoms. The first-order valence-corrected chi connectivity index (χ1v) is 8.07. The van der Waals surface area contributed by atoms with Crippen molar-refractivity contribution in [2.75, 3.05) is 20.3 Å². The van der Waals surface area contributed by atoms with Crippen LogP contribution in [0.5, 0.6) is 17.2 Å². The molecule has 2 heterocycles. The van der Waals surface area contributed by atoms with Gasteiger partial charge in [-0.05, 0) is 24.3 Å².